The van der Waals surface area contributed by atoms with E-state index in [0.717, 1.165) is 11.3 Å². The first-order valence-corrected chi connectivity index (χ1v) is 9.94. The van der Waals surface area contributed by atoms with Gasteiger partial charge in [-0.1, -0.05) is 6.07 Å². The zero-order valence-electron chi connectivity index (χ0n) is 15.6. The first-order chi connectivity index (χ1) is 12.8. The van der Waals surface area contributed by atoms with E-state index in [1.54, 1.807) is 12.3 Å². The monoisotopic (exact) mass is 397 g/mol. The maximum Gasteiger partial charge on any atom is 0.258 e. The van der Waals surface area contributed by atoms with Crippen molar-refractivity contribution in [3.8, 4) is 6.07 Å². The fourth-order valence-electron chi connectivity index (χ4n) is 2.90. The van der Waals surface area contributed by atoms with Crippen LogP contribution in [-0.2, 0) is 11.3 Å². The van der Waals surface area contributed by atoms with Gasteiger partial charge in [-0.25, -0.2) is 4.98 Å². The first kappa shape index (κ1) is 19.3. The molecule has 3 rings (SSSR count). The van der Waals surface area contributed by atoms with Gasteiger partial charge in [-0.2, -0.15) is 5.26 Å². The van der Waals surface area contributed by atoms with Gasteiger partial charge in [0.25, 0.3) is 5.91 Å². The zero-order chi connectivity index (χ0) is 19.8. The number of pyridine rings is 2. The minimum atomic E-state index is -0.796. The van der Waals surface area contributed by atoms with E-state index in [2.05, 4.69) is 16.0 Å². The summed E-state index contributed by atoms with van der Waals surface area (Å²) >= 11 is 7.06. The number of carbonyl (C=O) groups excluding carboxylic acids is 1. The predicted molar refractivity (Wildman–Crippen MR) is 109 cm³/mol. The molecule has 2 aromatic heterocycles. The third-order valence-electron chi connectivity index (χ3n) is 4.56. The molecular formula is C19H19N5OS2. The van der Waals surface area contributed by atoms with Crippen molar-refractivity contribution >= 4 is 40.7 Å². The molecule has 27 heavy (non-hydrogen) atoms. The Morgan fingerprint density at radius 3 is 2.63 bits per heavy atom. The molecule has 0 N–H and O–H groups in total. The average molecular weight is 398 g/mol. The number of thioether (sulfide) groups is 1. The first-order valence-electron chi connectivity index (χ1n) is 8.31. The number of aromatic nitrogens is 2. The van der Waals surface area contributed by atoms with Gasteiger partial charge in [0, 0.05) is 23.3 Å². The van der Waals surface area contributed by atoms with Crippen molar-refractivity contribution in [1.82, 2.24) is 14.9 Å². The lowest BCUT2D eigenvalue weighted by molar-refractivity contribution is -0.123. The molecule has 2 aromatic rings. The Bertz CT molecular complexity index is 950. The standard InChI is InChI=1S/C19H19N5OS2/c1-12-5-6-13(9-21-12)11-23-18(26)24(17(25)19(23,2)3)14-7-16(27-4)15(8-20)22-10-14/h5-7,9-10H,11H2,1-4H3. The van der Waals surface area contributed by atoms with Crippen LogP contribution in [0.25, 0.3) is 0 Å². The van der Waals surface area contributed by atoms with E-state index in [1.165, 1.54) is 22.9 Å². The molecule has 138 valence electrons. The van der Waals surface area contributed by atoms with Crippen molar-refractivity contribution in [2.45, 2.75) is 37.8 Å². The normalized spacial score (nSPS) is 16.0. The van der Waals surface area contributed by atoms with E-state index in [9.17, 15) is 10.1 Å². The number of thiocarbonyl (C=S) groups is 1. The number of hydrogen-bond donors (Lipinski definition) is 0. The summed E-state index contributed by atoms with van der Waals surface area (Å²) in [4.78, 5) is 25.7. The number of aryl methyl sites for hydroxylation is 1. The number of rotatable bonds is 4. The maximum absolute atomic E-state index is 13.1. The predicted octanol–water partition coefficient (Wildman–Crippen LogP) is 3.29. The summed E-state index contributed by atoms with van der Waals surface area (Å²) < 4.78 is 0. The molecule has 3 heterocycles. The second-order valence-electron chi connectivity index (χ2n) is 6.73. The fourth-order valence-corrected chi connectivity index (χ4v) is 3.91. The molecular weight excluding hydrogens is 378 g/mol. The molecule has 0 aromatic carbocycles. The Morgan fingerprint density at radius 2 is 2.04 bits per heavy atom. The van der Waals surface area contributed by atoms with Gasteiger partial charge >= 0.3 is 0 Å². The van der Waals surface area contributed by atoms with Crippen molar-refractivity contribution in [3.63, 3.8) is 0 Å². The molecule has 6 nitrogen and oxygen atoms in total. The second kappa shape index (κ2) is 7.25. The largest absolute Gasteiger partial charge is 0.330 e. The Morgan fingerprint density at radius 1 is 1.30 bits per heavy atom. The molecule has 0 spiro atoms. The highest BCUT2D eigenvalue weighted by molar-refractivity contribution is 7.98. The molecule has 0 atom stereocenters. The fraction of sp³-hybridized carbons (Fsp3) is 0.316. The van der Waals surface area contributed by atoms with Crippen LogP contribution in [0.3, 0.4) is 0 Å². The number of nitriles is 1. The summed E-state index contributed by atoms with van der Waals surface area (Å²) in [7, 11) is 0. The summed E-state index contributed by atoms with van der Waals surface area (Å²) in [6.07, 6.45) is 5.19. The Balaban J connectivity index is 1.97. The van der Waals surface area contributed by atoms with Crippen LogP contribution in [0.2, 0.25) is 0 Å². The molecule has 1 saturated heterocycles. The third kappa shape index (κ3) is 3.40. The van der Waals surface area contributed by atoms with E-state index >= 15 is 0 Å². The van der Waals surface area contributed by atoms with Gasteiger partial charge in [0.1, 0.15) is 11.6 Å². The molecule has 0 aliphatic carbocycles. The van der Waals surface area contributed by atoms with Gasteiger partial charge in [0.05, 0.1) is 11.9 Å². The Labute approximate surface area is 168 Å². The van der Waals surface area contributed by atoms with E-state index in [1.807, 2.05) is 44.1 Å². The molecule has 0 saturated carbocycles. The summed E-state index contributed by atoms with van der Waals surface area (Å²) in [5.41, 5.74) is 2.04. The van der Waals surface area contributed by atoms with Gasteiger partial charge in [0.15, 0.2) is 10.8 Å². The van der Waals surface area contributed by atoms with Crippen molar-refractivity contribution in [1.29, 1.82) is 5.26 Å². The number of amides is 1. The highest BCUT2D eigenvalue weighted by Crippen LogP contribution is 2.34. The lowest BCUT2D eigenvalue weighted by Gasteiger charge is -2.29. The van der Waals surface area contributed by atoms with Crippen LogP contribution in [0.15, 0.2) is 35.5 Å². The van der Waals surface area contributed by atoms with Crippen LogP contribution in [0.5, 0.6) is 0 Å². The summed E-state index contributed by atoms with van der Waals surface area (Å²) in [6.45, 7) is 6.13. The van der Waals surface area contributed by atoms with Gasteiger partial charge < -0.3 is 4.90 Å². The molecule has 1 aliphatic rings. The highest BCUT2D eigenvalue weighted by Gasteiger charge is 2.49. The van der Waals surface area contributed by atoms with Crippen molar-refractivity contribution < 1.29 is 4.79 Å². The van der Waals surface area contributed by atoms with Crippen molar-refractivity contribution in [2.24, 2.45) is 0 Å². The molecule has 0 bridgehead atoms. The summed E-state index contributed by atoms with van der Waals surface area (Å²) in [5.74, 6) is -0.119. The SMILES string of the molecule is CSc1cc(N2C(=O)C(C)(C)N(Cc3ccc(C)nc3)C2=S)cnc1C#N. The number of anilines is 1. The third-order valence-corrected chi connectivity index (χ3v) is 5.71. The minimum absolute atomic E-state index is 0.119. The number of hydrogen-bond acceptors (Lipinski definition) is 6. The zero-order valence-corrected chi connectivity index (χ0v) is 17.2. The Hall–Kier alpha value is -2.50. The van der Waals surface area contributed by atoms with E-state index < -0.39 is 5.54 Å². The molecule has 8 heteroatoms. The maximum atomic E-state index is 13.1. The van der Waals surface area contributed by atoms with Crippen LogP contribution >= 0.6 is 24.0 Å². The van der Waals surface area contributed by atoms with Crippen LogP contribution in [-0.4, -0.2) is 37.7 Å². The molecule has 0 unspecified atom stereocenters. The van der Waals surface area contributed by atoms with Gasteiger partial charge in [-0.3, -0.25) is 14.7 Å². The molecule has 0 radical (unpaired) electrons. The quantitative estimate of drug-likeness (QED) is 0.579. The van der Waals surface area contributed by atoms with Crippen LogP contribution in [0.1, 0.15) is 30.8 Å². The van der Waals surface area contributed by atoms with E-state index in [-0.39, 0.29) is 5.91 Å². The molecule has 1 fully saturated rings. The minimum Gasteiger partial charge on any atom is -0.330 e. The van der Waals surface area contributed by atoms with Crippen LogP contribution in [0.4, 0.5) is 5.69 Å². The van der Waals surface area contributed by atoms with Gasteiger partial charge in [-0.15, -0.1) is 11.8 Å². The van der Waals surface area contributed by atoms with Crippen molar-refractivity contribution in [2.75, 3.05) is 11.2 Å². The lowest BCUT2D eigenvalue weighted by atomic mass is 10.0. The van der Waals surface area contributed by atoms with E-state index in [0.29, 0.717) is 27.9 Å². The lowest BCUT2D eigenvalue weighted by Crippen LogP contribution is -2.43. The smallest absolute Gasteiger partial charge is 0.258 e. The molecule has 1 aliphatic heterocycles. The summed E-state index contributed by atoms with van der Waals surface area (Å²) in [6, 6.07) is 7.78. The number of nitrogens with zero attached hydrogens (tertiary/aromatic N) is 5. The topological polar surface area (TPSA) is 73.1 Å². The average Bonchev–Trinajstić information content (AvgIpc) is 2.82. The van der Waals surface area contributed by atoms with E-state index in [4.69, 9.17) is 12.2 Å². The van der Waals surface area contributed by atoms with Crippen molar-refractivity contribution in [3.05, 3.63) is 47.5 Å². The summed E-state index contributed by atoms with van der Waals surface area (Å²) in [5, 5.41) is 9.59. The second-order valence-corrected chi connectivity index (χ2v) is 7.95. The number of carbonyl (C=O) groups is 1. The highest BCUT2D eigenvalue weighted by atomic mass is 32.2. The van der Waals surface area contributed by atoms with Crippen LogP contribution < -0.4 is 4.90 Å². The Kier molecular flexibility index (Phi) is 5.18. The van der Waals surface area contributed by atoms with Gasteiger partial charge in [0.2, 0.25) is 0 Å². The van der Waals surface area contributed by atoms with Gasteiger partial charge in [-0.05, 0) is 56.9 Å². The molecule has 1 amide bonds. The van der Waals surface area contributed by atoms with Crippen LogP contribution in [0, 0.1) is 18.3 Å².